The van der Waals surface area contributed by atoms with Gasteiger partial charge in [-0.2, -0.15) is 0 Å². The molecule has 3 aromatic rings. The van der Waals surface area contributed by atoms with Gasteiger partial charge in [0, 0.05) is 28.7 Å². The van der Waals surface area contributed by atoms with E-state index >= 15 is 0 Å². The topological polar surface area (TPSA) is 62.1 Å². The first-order chi connectivity index (χ1) is 13.0. The zero-order chi connectivity index (χ0) is 19.1. The van der Waals surface area contributed by atoms with E-state index in [1.54, 1.807) is 0 Å². The molecule has 5 nitrogen and oxygen atoms in total. The molecule has 142 valence electrons. The first kappa shape index (κ1) is 17.8. The maximum absolute atomic E-state index is 13.2. The number of aromatic amines is 1. The van der Waals surface area contributed by atoms with Crippen LogP contribution in [0.15, 0.2) is 28.8 Å². The van der Waals surface area contributed by atoms with E-state index in [1.165, 1.54) is 16.6 Å². The lowest BCUT2D eigenvalue weighted by molar-refractivity contribution is -0.133. The average molecular weight is 365 g/mol. The van der Waals surface area contributed by atoms with Gasteiger partial charge in [-0.25, -0.2) is 0 Å². The molecule has 0 radical (unpaired) electrons. The van der Waals surface area contributed by atoms with Crippen LogP contribution in [0.5, 0.6) is 0 Å². The molecule has 4 rings (SSSR count). The van der Waals surface area contributed by atoms with Crippen molar-refractivity contribution in [2.75, 3.05) is 6.54 Å². The van der Waals surface area contributed by atoms with Gasteiger partial charge in [0.2, 0.25) is 5.91 Å². The second-order valence-electron chi connectivity index (χ2n) is 8.02. The van der Waals surface area contributed by atoms with Crippen LogP contribution in [-0.4, -0.2) is 27.5 Å². The van der Waals surface area contributed by atoms with E-state index in [-0.39, 0.29) is 11.9 Å². The van der Waals surface area contributed by atoms with Crippen molar-refractivity contribution in [3.63, 3.8) is 0 Å². The number of hydrogen-bond acceptors (Lipinski definition) is 3. The predicted molar refractivity (Wildman–Crippen MR) is 106 cm³/mol. The monoisotopic (exact) mass is 365 g/mol. The highest BCUT2D eigenvalue weighted by Gasteiger charge is 2.34. The number of nitrogens with one attached hydrogen (secondary N) is 1. The van der Waals surface area contributed by atoms with Crippen LogP contribution in [0.2, 0.25) is 0 Å². The second kappa shape index (κ2) is 6.87. The Hall–Kier alpha value is -2.56. The number of amides is 1. The van der Waals surface area contributed by atoms with Gasteiger partial charge in [-0.1, -0.05) is 37.2 Å². The summed E-state index contributed by atoms with van der Waals surface area (Å²) in [6.07, 6.45) is 2.19. The Balaban J connectivity index is 1.69. The number of aryl methyl sites for hydroxylation is 2. The molecule has 0 aliphatic carbocycles. The summed E-state index contributed by atoms with van der Waals surface area (Å²) in [4.78, 5) is 18.9. The molecule has 1 unspecified atom stereocenters. The van der Waals surface area contributed by atoms with Gasteiger partial charge in [-0.05, 0) is 44.2 Å². The van der Waals surface area contributed by atoms with E-state index in [0.29, 0.717) is 12.3 Å². The van der Waals surface area contributed by atoms with Crippen LogP contribution in [-0.2, 0) is 17.6 Å². The molecular weight excluding hydrogens is 338 g/mol. The molecule has 1 amide bonds. The van der Waals surface area contributed by atoms with E-state index in [4.69, 9.17) is 4.52 Å². The van der Waals surface area contributed by atoms with Gasteiger partial charge >= 0.3 is 0 Å². The Morgan fingerprint density at radius 2 is 2.11 bits per heavy atom. The molecule has 1 aliphatic heterocycles. The molecule has 27 heavy (non-hydrogen) atoms. The fourth-order valence-electron chi connectivity index (χ4n) is 4.32. The summed E-state index contributed by atoms with van der Waals surface area (Å²) in [5.41, 5.74) is 5.48. The van der Waals surface area contributed by atoms with Crippen LogP contribution in [0.25, 0.3) is 10.9 Å². The molecular formula is C22H27N3O2. The molecule has 1 aromatic carbocycles. The van der Waals surface area contributed by atoms with Crippen molar-refractivity contribution in [2.45, 2.75) is 53.0 Å². The smallest absolute Gasteiger partial charge is 0.227 e. The number of fused-ring (bicyclic) bond motifs is 3. The zero-order valence-electron chi connectivity index (χ0n) is 16.5. The molecule has 2 aromatic heterocycles. The average Bonchev–Trinajstić information content (AvgIpc) is 3.16. The fraction of sp³-hybridized carbons (Fsp3) is 0.455. The number of carbonyl (C=O) groups excluding carboxylic acids is 1. The SMILES string of the molecule is Cc1noc(C)c1CC(=O)N1CCc2c([nH]c3ccccc23)C1CC(C)C. The summed E-state index contributed by atoms with van der Waals surface area (Å²) in [5.74, 6) is 1.39. The van der Waals surface area contributed by atoms with Crippen LogP contribution in [0.4, 0.5) is 0 Å². The number of para-hydroxylation sites is 1. The standard InChI is InChI=1S/C22H27N3O2/c1-13(2)11-20-22-17(16-7-5-6-8-19(16)23-22)9-10-25(20)21(26)12-18-14(3)24-27-15(18)4/h5-8,13,20,23H,9-12H2,1-4H3. The van der Waals surface area contributed by atoms with Gasteiger partial charge in [-0.15, -0.1) is 0 Å². The molecule has 1 atom stereocenters. The Bertz CT molecular complexity index is 963. The first-order valence-electron chi connectivity index (χ1n) is 9.76. The second-order valence-corrected chi connectivity index (χ2v) is 8.02. The van der Waals surface area contributed by atoms with Crippen LogP contribution in [0.3, 0.4) is 0 Å². The van der Waals surface area contributed by atoms with E-state index in [2.05, 4.69) is 53.2 Å². The number of nitrogens with zero attached hydrogens (tertiary/aromatic N) is 2. The lowest BCUT2D eigenvalue weighted by Crippen LogP contribution is -2.41. The van der Waals surface area contributed by atoms with Crippen LogP contribution in [0, 0.1) is 19.8 Å². The Morgan fingerprint density at radius 3 is 2.81 bits per heavy atom. The van der Waals surface area contributed by atoms with E-state index < -0.39 is 0 Å². The molecule has 0 bridgehead atoms. The lowest BCUT2D eigenvalue weighted by atomic mass is 9.91. The summed E-state index contributed by atoms with van der Waals surface area (Å²) < 4.78 is 5.24. The maximum Gasteiger partial charge on any atom is 0.227 e. The summed E-state index contributed by atoms with van der Waals surface area (Å²) in [6.45, 7) is 8.97. The Kier molecular flexibility index (Phi) is 4.54. The molecule has 0 saturated carbocycles. The van der Waals surface area contributed by atoms with Crippen molar-refractivity contribution in [3.8, 4) is 0 Å². The van der Waals surface area contributed by atoms with Crippen molar-refractivity contribution in [2.24, 2.45) is 5.92 Å². The lowest BCUT2D eigenvalue weighted by Gasteiger charge is -2.37. The molecule has 1 N–H and O–H groups in total. The maximum atomic E-state index is 13.2. The van der Waals surface area contributed by atoms with Gasteiger partial charge in [0.25, 0.3) is 0 Å². The summed E-state index contributed by atoms with van der Waals surface area (Å²) in [5, 5.41) is 5.29. The molecule has 3 heterocycles. The third kappa shape index (κ3) is 3.15. The molecule has 1 aliphatic rings. The van der Waals surface area contributed by atoms with Crippen LogP contribution >= 0.6 is 0 Å². The summed E-state index contributed by atoms with van der Waals surface area (Å²) in [6, 6.07) is 8.54. The van der Waals surface area contributed by atoms with Crippen molar-refractivity contribution in [1.82, 2.24) is 15.0 Å². The highest BCUT2D eigenvalue weighted by atomic mass is 16.5. The van der Waals surface area contributed by atoms with Crippen LogP contribution < -0.4 is 0 Å². The minimum atomic E-state index is 0.0918. The minimum absolute atomic E-state index is 0.0918. The summed E-state index contributed by atoms with van der Waals surface area (Å²) in [7, 11) is 0. The Labute approximate surface area is 159 Å². The number of aromatic nitrogens is 2. The number of hydrogen-bond donors (Lipinski definition) is 1. The number of carbonyl (C=O) groups is 1. The third-order valence-corrected chi connectivity index (χ3v) is 5.68. The van der Waals surface area contributed by atoms with E-state index in [9.17, 15) is 4.79 Å². The number of rotatable bonds is 4. The molecule has 0 saturated heterocycles. The van der Waals surface area contributed by atoms with Crippen molar-refractivity contribution in [1.29, 1.82) is 0 Å². The van der Waals surface area contributed by atoms with E-state index in [0.717, 1.165) is 41.9 Å². The van der Waals surface area contributed by atoms with Crippen molar-refractivity contribution >= 4 is 16.8 Å². The minimum Gasteiger partial charge on any atom is -0.361 e. The molecule has 0 fully saturated rings. The molecule has 0 spiro atoms. The van der Waals surface area contributed by atoms with Crippen molar-refractivity contribution in [3.05, 3.63) is 52.5 Å². The van der Waals surface area contributed by atoms with Gasteiger partial charge < -0.3 is 14.4 Å². The number of H-pyrrole nitrogens is 1. The van der Waals surface area contributed by atoms with Gasteiger partial charge in [0.15, 0.2) is 0 Å². The number of benzene rings is 1. The summed E-state index contributed by atoms with van der Waals surface area (Å²) >= 11 is 0. The first-order valence-corrected chi connectivity index (χ1v) is 9.76. The Morgan fingerprint density at radius 1 is 1.33 bits per heavy atom. The third-order valence-electron chi connectivity index (χ3n) is 5.68. The van der Waals surface area contributed by atoms with Gasteiger partial charge in [0.1, 0.15) is 5.76 Å². The largest absolute Gasteiger partial charge is 0.361 e. The van der Waals surface area contributed by atoms with Gasteiger partial charge in [0.05, 0.1) is 18.2 Å². The highest BCUT2D eigenvalue weighted by Crippen LogP contribution is 2.38. The quantitative estimate of drug-likeness (QED) is 0.741. The predicted octanol–water partition coefficient (Wildman–Crippen LogP) is 4.49. The zero-order valence-corrected chi connectivity index (χ0v) is 16.5. The van der Waals surface area contributed by atoms with Crippen molar-refractivity contribution < 1.29 is 9.32 Å². The van der Waals surface area contributed by atoms with Gasteiger partial charge in [-0.3, -0.25) is 4.79 Å². The normalized spacial score (nSPS) is 16.9. The molecule has 5 heteroatoms. The van der Waals surface area contributed by atoms with E-state index in [1.807, 2.05) is 13.8 Å². The van der Waals surface area contributed by atoms with Crippen LogP contribution in [0.1, 0.15) is 54.6 Å². The highest BCUT2D eigenvalue weighted by molar-refractivity contribution is 5.86. The fourth-order valence-corrected chi connectivity index (χ4v) is 4.32.